The molecule has 0 aliphatic carbocycles. The molecule has 1 aromatic carbocycles. The Morgan fingerprint density at radius 2 is 1.92 bits per heavy atom. The number of non-ortho nitro benzene ring substituents is 1. The Balaban J connectivity index is 2.19. The first-order chi connectivity index (χ1) is 12.1. The SMILES string of the molecule is O=[N+]([O-])c1ccc([C@@H](O)[C@@H](CO)Nc2ncc(C(F)(F)F)cc2Cl)cc1. The van der Waals surface area contributed by atoms with Crippen LogP contribution in [-0.4, -0.2) is 32.8 Å². The number of anilines is 1. The highest BCUT2D eigenvalue weighted by Crippen LogP contribution is 2.33. The summed E-state index contributed by atoms with van der Waals surface area (Å²) in [5.41, 5.74) is -0.961. The normalized spacial score (nSPS) is 13.9. The van der Waals surface area contributed by atoms with E-state index in [1.54, 1.807) is 0 Å². The van der Waals surface area contributed by atoms with Crippen molar-refractivity contribution in [3.05, 3.63) is 62.8 Å². The number of nitro benzene ring substituents is 1. The number of hydrogen-bond acceptors (Lipinski definition) is 6. The van der Waals surface area contributed by atoms with Crippen LogP contribution in [0, 0.1) is 10.1 Å². The van der Waals surface area contributed by atoms with Gasteiger partial charge in [-0.25, -0.2) is 4.98 Å². The average Bonchev–Trinajstić information content (AvgIpc) is 2.59. The van der Waals surface area contributed by atoms with Gasteiger partial charge in [0.2, 0.25) is 0 Å². The lowest BCUT2D eigenvalue weighted by atomic mass is 10.0. The summed E-state index contributed by atoms with van der Waals surface area (Å²) in [6, 6.07) is 4.57. The van der Waals surface area contributed by atoms with Crippen LogP contribution in [0.4, 0.5) is 24.7 Å². The van der Waals surface area contributed by atoms with Gasteiger partial charge in [-0.15, -0.1) is 0 Å². The Hall–Kier alpha value is -2.43. The number of hydrogen-bond donors (Lipinski definition) is 3. The second-order valence-corrected chi connectivity index (χ2v) is 5.69. The van der Waals surface area contributed by atoms with E-state index in [0.29, 0.717) is 12.3 Å². The van der Waals surface area contributed by atoms with E-state index in [1.807, 2.05) is 0 Å². The molecular formula is C15H13ClF3N3O4. The Morgan fingerprint density at radius 3 is 2.38 bits per heavy atom. The predicted molar refractivity (Wildman–Crippen MR) is 86.8 cm³/mol. The Bertz CT molecular complexity index is 787. The number of aliphatic hydroxyl groups is 2. The minimum absolute atomic E-state index is 0.153. The van der Waals surface area contributed by atoms with Crippen LogP contribution in [0.2, 0.25) is 5.02 Å². The number of alkyl halides is 3. The molecule has 2 rings (SSSR count). The largest absolute Gasteiger partial charge is 0.417 e. The number of nitro groups is 1. The highest BCUT2D eigenvalue weighted by atomic mass is 35.5. The smallest absolute Gasteiger partial charge is 0.394 e. The molecule has 2 aromatic rings. The maximum absolute atomic E-state index is 12.6. The zero-order valence-electron chi connectivity index (χ0n) is 12.9. The van der Waals surface area contributed by atoms with Crippen molar-refractivity contribution in [2.45, 2.75) is 18.3 Å². The maximum atomic E-state index is 12.6. The van der Waals surface area contributed by atoms with Crippen LogP contribution in [0.3, 0.4) is 0 Å². The van der Waals surface area contributed by atoms with E-state index in [0.717, 1.165) is 0 Å². The van der Waals surface area contributed by atoms with Gasteiger partial charge in [0.1, 0.15) is 11.9 Å². The van der Waals surface area contributed by atoms with Crippen molar-refractivity contribution in [3.8, 4) is 0 Å². The van der Waals surface area contributed by atoms with Crippen LogP contribution in [0.1, 0.15) is 17.2 Å². The molecule has 3 N–H and O–H groups in total. The van der Waals surface area contributed by atoms with Crippen molar-refractivity contribution in [1.29, 1.82) is 0 Å². The Labute approximate surface area is 150 Å². The van der Waals surface area contributed by atoms with Gasteiger partial charge in [0.25, 0.3) is 5.69 Å². The molecule has 7 nitrogen and oxygen atoms in total. The molecule has 1 aromatic heterocycles. The van der Waals surface area contributed by atoms with E-state index in [1.165, 1.54) is 24.3 Å². The van der Waals surface area contributed by atoms with Crippen LogP contribution in [-0.2, 0) is 6.18 Å². The monoisotopic (exact) mass is 391 g/mol. The third kappa shape index (κ3) is 4.59. The molecule has 0 aliphatic heterocycles. The summed E-state index contributed by atoms with van der Waals surface area (Å²) in [6.07, 6.45) is -5.36. The molecule has 1 heterocycles. The van der Waals surface area contributed by atoms with Gasteiger partial charge < -0.3 is 15.5 Å². The van der Waals surface area contributed by atoms with Gasteiger partial charge in [-0.05, 0) is 23.8 Å². The number of halogens is 4. The molecule has 11 heteroatoms. The lowest BCUT2D eigenvalue weighted by Gasteiger charge is -2.23. The first kappa shape index (κ1) is 19.9. The molecule has 0 saturated carbocycles. The van der Waals surface area contributed by atoms with Gasteiger partial charge in [0.05, 0.1) is 28.2 Å². The molecule has 0 unspecified atom stereocenters. The number of rotatable bonds is 6. The zero-order chi connectivity index (χ0) is 19.5. The quantitative estimate of drug-likeness (QED) is 0.515. The highest BCUT2D eigenvalue weighted by molar-refractivity contribution is 6.33. The Kier molecular flexibility index (Phi) is 6.01. The van der Waals surface area contributed by atoms with E-state index in [9.17, 15) is 33.5 Å². The fourth-order valence-corrected chi connectivity index (χ4v) is 2.35. The predicted octanol–water partition coefficient (Wildman–Crippen LogP) is 3.17. The number of nitrogens with one attached hydrogen (secondary N) is 1. The summed E-state index contributed by atoms with van der Waals surface area (Å²) in [5.74, 6) is -0.153. The second kappa shape index (κ2) is 7.85. The number of pyridine rings is 1. The topological polar surface area (TPSA) is 109 Å². The molecule has 0 spiro atoms. The molecule has 140 valence electrons. The highest BCUT2D eigenvalue weighted by Gasteiger charge is 2.32. The van der Waals surface area contributed by atoms with Gasteiger partial charge in [-0.3, -0.25) is 10.1 Å². The van der Waals surface area contributed by atoms with Crippen molar-refractivity contribution in [3.63, 3.8) is 0 Å². The standard InChI is InChI=1S/C15H13ClF3N3O4/c16-11-5-9(15(17,18)19)6-20-14(11)21-12(7-23)13(24)8-1-3-10(4-2-8)22(25)26/h1-6,12-13,23-24H,7H2,(H,20,21)/t12-,13-/m1/s1. The van der Waals surface area contributed by atoms with Gasteiger partial charge in [-0.2, -0.15) is 13.2 Å². The summed E-state index contributed by atoms with van der Waals surface area (Å²) in [4.78, 5) is 13.6. The van der Waals surface area contributed by atoms with Crippen molar-refractivity contribution < 1.29 is 28.3 Å². The average molecular weight is 392 g/mol. The van der Waals surface area contributed by atoms with Gasteiger partial charge in [-0.1, -0.05) is 11.6 Å². The molecule has 2 atom stereocenters. The van der Waals surface area contributed by atoms with E-state index < -0.39 is 35.4 Å². The second-order valence-electron chi connectivity index (χ2n) is 5.28. The molecule has 0 fully saturated rings. The third-order valence-electron chi connectivity index (χ3n) is 3.51. The molecule has 0 amide bonds. The Morgan fingerprint density at radius 1 is 1.31 bits per heavy atom. The maximum Gasteiger partial charge on any atom is 0.417 e. The van der Waals surface area contributed by atoms with Crippen LogP contribution in [0.25, 0.3) is 0 Å². The molecule has 0 saturated heterocycles. The van der Waals surface area contributed by atoms with Crippen molar-refractivity contribution in [2.75, 3.05) is 11.9 Å². The lowest BCUT2D eigenvalue weighted by Crippen LogP contribution is -2.31. The summed E-state index contributed by atoms with van der Waals surface area (Å²) in [7, 11) is 0. The number of nitrogens with zero attached hydrogens (tertiary/aromatic N) is 2. The fourth-order valence-electron chi connectivity index (χ4n) is 2.12. The minimum Gasteiger partial charge on any atom is -0.394 e. The van der Waals surface area contributed by atoms with E-state index in [2.05, 4.69) is 10.3 Å². The minimum atomic E-state index is -4.61. The molecule has 0 bridgehead atoms. The number of benzene rings is 1. The summed E-state index contributed by atoms with van der Waals surface area (Å²) in [6.45, 7) is -0.600. The van der Waals surface area contributed by atoms with Crippen LogP contribution < -0.4 is 5.32 Å². The molecule has 0 aliphatic rings. The number of aliphatic hydroxyl groups excluding tert-OH is 2. The van der Waals surface area contributed by atoms with Crippen LogP contribution in [0.5, 0.6) is 0 Å². The molecule has 0 radical (unpaired) electrons. The van der Waals surface area contributed by atoms with Crippen molar-refractivity contribution in [2.24, 2.45) is 0 Å². The van der Waals surface area contributed by atoms with Gasteiger partial charge in [0.15, 0.2) is 0 Å². The van der Waals surface area contributed by atoms with Crippen LogP contribution in [0.15, 0.2) is 36.5 Å². The van der Waals surface area contributed by atoms with E-state index >= 15 is 0 Å². The van der Waals surface area contributed by atoms with E-state index in [4.69, 9.17) is 11.6 Å². The summed E-state index contributed by atoms with van der Waals surface area (Å²) in [5, 5.41) is 32.6. The third-order valence-corrected chi connectivity index (χ3v) is 3.80. The van der Waals surface area contributed by atoms with Crippen LogP contribution >= 0.6 is 11.6 Å². The summed E-state index contributed by atoms with van der Waals surface area (Å²) < 4.78 is 37.9. The first-order valence-electron chi connectivity index (χ1n) is 7.16. The zero-order valence-corrected chi connectivity index (χ0v) is 13.7. The summed E-state index contributed by atoms with van der Waals surface area (Å²) >= 11 is 5.78. The van der Waals surface area contributed by atoms with Gasteiger partial charge >= 0.3 is 6.18 Å². The number of aromatic nitrogens is 1. The van der Waals surface area contributed by atoms with Gasteiger partial charge in [0, 0.05) is 18.3 Å². The van der Waals surface area contributed by atoms with Crippen molar-refractivity contribution in [1.82, 2.24) is 4.98 Å². The molecule has 26 heavy (non-hydrogen) atoms. The first-order valence-corrected chi connectivity index (χ1v) is 7.54. The van der Waals surface area contributed by atoms with Crippen molar-refractivity contribution >= 4 is 23.1 Å². The molecular weight excluding hydrogens is 379 g/mol. The van der Waals surface area contributed by atoms with E-state index in [-0.39, 0.29) is 22.1 Å². The lowest BCUT2D eigenvalue weighted by molar-refractivity contribution is -0.384. The fraction of sp³-hybridized carbons (Fsp3) is 0.267.